The summed E-state index contributed by atoms with van der Waals surface area (Å²) in [5, 5.41) is 9.08. The zero-order valence-corrected chi connectivity index (χ0v) is 17.8. The molecule has 4 nitrogen and oxygen atoms in total. The van der Waals surface area contributed by atoms with E-state index < -0.39 is 5.97 Å². The molecule has 1 N–H and O–H groups in total. The maximum atomic E-state index is 11.7. The fourth-order valence-electron chi connectivity index (χ4n) is 5.64. The van der Waals surface area contributed by atoms with Gasteiger partial charge in [-0.1, -0.05) is 40.7 Å². The molecule has 4 heteroatoms. The van der Waals surface area contributed by atoms with Gasteiger partial charge in [-0.25, -0.2) is 0 Å². The molecule has 0 saturated heterocycles. The summed E-state index contributed by atoms with van der Waals surface area (Å²) in [5.41, 5.74) is 1.59. The second kappa shape index (κ2) is 8.79. The first-order valence-corrected chi connectivity index (χ1v) is 10.7. The third-order valence-corrected chi connectivity index (χ3v) is 7.74. The average Bonchev–Trinajstić information content (AvgIpc) is 2.61. The predicted molar refractivity (Wildman–Crippen MR) is 107 cm³/mol. The summed E-state index contributed by atoms with van der Waals surface area (Å²) in [6.07, 6.45) is 9.57. The van der Waals surface area contributed by atoms with Gasteiger partial charge in [0.2, 0.25) is 0 Å². The quantitative estimate of drug-likeness (QED) is 0.440. The van der Waals surface area contributed by atoms with E-state index in [2.05, 4.69) is 33.8 Å². The monoisotopic (exact) mass is 378 g/mol. The average molecular weight is 379 g/mol. The number of aliphatic carboxylic acids is 1. The molecule has 0 spiro atoms. The van der Waals surface area contributed by atoms with Crippen LogP contribution < -0.4 is 0 Å². The van der Waals surface area contributed by atoms with E-state index in [0.29, 0.717) is 24.9 Å². The third-order valence-electron chi connectivity index (χ3n) is 7.74. The number of ether oxygens (including phenoxy) is 1. The van der Waals surface area contributed by atoms with Gasteiger partial charge in [-0.3, -0.25) is 9.59 Å². The van der Waals surface area contributed by atoms with E-state index in [9.17, 15) is 9.59 Å². The molecule has 0 aromatic carbocycles. The first-order valence-electron chi connectivity index (χ1n) is 10.7. The van der Waals surface area contributed by atoms with Crippen LogP contribution in [-0.4, -0.2) is 23.7 Å². The highest BCUT2D eigenvalue weighted by Crippen LogP contribution is 2.62. The van der Waals surface area contributed by atoms with Crippen molar-refractivity contribution >= 4 is 11.9 Å². The van der Waals surface area contributed by atoms with E-state index in [0.717, 1.165) is 25.7 Å². The third kappa shape index (κ3) is 4.75. The second-order valence-corrected chi connectivity index (χ2v) is 9.48. The molecule has 5 unspecified atom stereocenters. The van der Waals surface area contributed by atoms with E-state index in [4.69, 9.17) is 9.84 Å². The van der Waals surface area contributed by atoms with E-state index in [1.165, 1.54) is 18.4 Å². The number of hydrogen-bond donors (Lipinski definition) is 1. The minimum atomic E-state index is -0.699. The van der Waals surface area contributed by atoms with Gasteiger partial charge < -0.3 is 9.84 Å². The van der Waals surface area contributed by atoms with Crippen LogP contribution in [0.3, 0.4) is 0 Å². The molecule has 0 aromatic rings. The van der Waals surface area contributed by atoms with Gasteiger partial charge in [0, 0.05) is 12.8 Å². The molecule has 154 valence electrons. The number of hydrogen-bond acceptors (Lipinski definition) is 3. The van der Waals surface area contributed by atoms with Crippen LogP contribution in [0.2, 0.25) is 0 Å². The molecule has 2 aliphatic carbocycles. The Morgan fingerprint density at radius 3 is 2.67 bits per heavy atom. The molecule has 2 rings (SSSR count). The Morgan fingerprint density at radius 1 is 1.33 bits per heavy atom. The number of carbonyl (C=O) groups excluding carboxylic acids is 1. The van der Waals surface area contributed by atoms with E-state index in [1.54, 1.807) is 0 Å². The standard InChI is InChI=1S/C23H38O4/c1-6-21(26)27-15-18-8-7-9-19-22(4,12-10-16(2)14-20(24)25)17(3)11-13-23(18,19)5/h8,16-17,19H,6-7,9-15H2,1-5H3,(H,24,25). The van der Waals surface area contributed by atoms with E-state index >= 15 is 0 Å². The zero-order chi connectivity index (χ0) is 20.2. The summed E-state index contributed by atoms with van der Waals surface area (Å²) in [7, 11) is 0. The van der Waals surface area contributed by atoms with Crippen LogP contribution in [0.1, 0.15) is 86.0 Å². The Kier molecular flexibility index (Phi) is 7.15. The van der Waals surface area contributed by atoms with E-state index in [-0.39, 0.29) is 29.1 Å². The maximum Gasteiger partial charge on any atom is 0.305 e. The highest BCUT2D eigenvalue weighted by Gasteiger charge is 2.53. The lowest BCUT2D eigenvalue weighted by molar-refractivity contribution is -0.143. The molecule has 27 heavy (non-hydrogen) atoms. The SMILES string of the molecule is CCC(=O)OCC1=CCCC2C1(C)CCC(C)C2(C)CCC(C)CC(=O)O. The second-order valence-electron chi connectivity index (χ2n) is 9.48. The van der Waals surface area contributed by atoms with Gasteiger partial charge in [-0.15, -0.1) is 0 Å². The van der Waals surface area contributed by atoms with Crippen LogP contribution in [0.4, 0.5) is 0 Å². The summed E-state index contributed by atoms with van der Waals surface area (Å²) < 4.78 is 5.51. The van der Waals surface area contributed by atoms with Crippen molar-refractivity contribution in [3.8, 4) is 0 Å². The number of esters is 1. The summed E-state index contributed by atoms with van der Waals surface area (Å²) in [4.78, 5) is 22.7. The molecule has 0 radical (unpaired) electrons. The largest absolute Gasteiger partial charge is 0.481 e. The fourth-order valence-corrected chi connectivity index (χ4v) is 5.64. The number of carbonyl (C=O) groups is 2. The Hall–Kier alpha value is -1.32. The topological polar surface area (TPSA) is 63.6 Å². The Balaban J connectivity index is 2.16. The van der Waals surface area contributed by atoms with Gasteiger partial charge in [0.15, 0.2) is 0 Å². The molecule has 1 saturated carbocycles. The lowest BCUT2D eigenvalue weighted by Gasteiger charge is -2.58. The summed E-state index contributed by atoms with van der Waals surface area (Å²) in [6.45, 7) is 11.5. The Morgan fingerprint density at radius 2 is 2.04 bits per heavy atom. The minimum Gasteiger partial charge on any atom is -0.481 e. The van der Waals surface area contributed by atoms with Crippen molar-refractivity contribution in [3.05, 3.63) is 11.6 Å². The molecule has 5 atom stereocenters. The van der Waals surface area contributed by atoms with Crippen molar-refractivity contribution < 1.29 is 19.4 Å². The minimum absolute atomic E-state index is 0.0869. The highest BCUT2D eigenvalue weighted by molar-refractivity contribution is 5.69. The molecule has 2 aliphatic rings. The summed E-state index contributed by atoms with van der Waals surface area (Å²) in [5.74, 6) is 0.575. The van der Waals surface area contributed by atoms with Crippen molar-refractivity contribution in [2.75, 3.05) is 6.61 Å². The van der Waals surface area contributed by atoms with Gasteiger partial charge in [-0.2, -0.15) is 0 Å². The van der Waals surface area contributed by atoms with Crippen molar-refractivity contribution in [2.45, 2.75) is 86.0 Å². The number of carboxylic acids is 1. The van der Waals surface area contributed by atoms with Gasteiger partial charge in [-0.05, 0) is 72.7 Å². The van der Waals surface area contributed by atoms with Crippen LogP contribution in [-0.2, 0) is 14.3 Å². The smallest absolute Gasteiger partial charge is 0.305 e. The van der Waals surface area contributed by atoms with Crippen LogP contribution in [0, 0.1) is 28.6 Å². The molecule has 0 aliphatic heterocycles. The molecule has 0 aromatic heterocycles. The van der Waals surface area contributed by atoms with Gasteiger partial charge in [0.05, 0.1) is 0 Å². The van der Waals surface area contributed by atoms with Crippen LogP contribution in [0.15, 0.2) is 11.6 Å². The summed E-state index contributed by atoms with van der Waals surface area (Å²) in [6, 6.07) is 0. The Bertz CT molecular complexity index is 581. The van der Waals surface area contributed by atoms with Crippen LogP contribution >= 0.6 is 0 Å². The highest BCUT2D eigenvalue weighted by atomic mass is 16.5. The van der Waals surface area contributed by atoms with Gasteiger partial charge >= 0.3 is 11.9 Å². The van der Waals surface area contributed by atoms with Crippen LogP contribution in [0.25, 0.3) is 0 Å². The fraction of sp³-hybridized carbons (Fsp3) is 0.826. The molecule has 1 fully saturated rings. The van der Waals surface area contributed by atoms with Crippen molar-refractivity contribution in [1.82, 2.24) is 0 Å². The zero-order valence-electron chi connectivity index (χ0n) is 17.8. The van der Waals surface area contributed by atoms with Crippen molar-refractivity contribution in [3.63, 3.8) is 0 Å². The first-order chi connectivity index (χ1) is 12.6. The van der Waals surface area contributed by atoms with Crippen LogP contribution in [0.5, 0.6) is 0 Å². The Labute approximate surface area is 164 Å². The van der Waals surface area contributed by atoms with Crippen molar-refractivity contribution in [2.24, 2.45) is 28.6 Å². The molecular formula is C23H38O4. The number of allylic oxidation sites excluding steroid dienone is 1. The number of rotatable bonds is 8. The molecule has 0 amide bonds. The lowest BCUT2D eigenvalue weighted by Crippen LogP contribution is -2.50. The van der Waals surface area contributed by atoms with Gasteiger partial charge in [0.25, 0.3) is 0 Å². The number of fused-ring (bicyclic) bond motifs is 1. The molecule has 0 heterocycles. The number of carboxylic acid groups (broad SMARTS) is 1. The predicted octanol–water partition coefficient (Wildman–Crippen LogP) is 5.61. The van der Waals surface area contributed by atoms with E-state index in [1.807, 2.05) is 6.92 Å². The summed E-state index contributed by atoms with van der Waals surface area (Å²) >= 11 is 0. The first kappa shape index (κ1) is 22.0. The normalized spacial score (nSPS) is 34.3. The molecule has 0 bridgehead atoms. The lowest BCUT2D eigenvalue weighted by atomic mass is 9.46. The van der Waals surface area contributed by atoms with Gasteiger partial charge in [0.1, 0.15) is 6.61 Å². The maximum absolute atomic E-state index is 11.7. The molecular weight excluding hydrogens is 340 g/mol. The van der Waals surface area contributed by atoms with Crippen molar-refractivity contribution in [1.29, 1.82) is 0 Å².